The lowest BCUT2D eigenvalue weighted by atomic mass is 9.92. The number of alkyl halides is 3. The van der Waals surface area contributed by atoms with E-state index >= 15 is 0 Å². The fourth-order valence-corrected chi connectivity index (χ4v) is 4.29. The molecule has 0 saturated heterocycles. The summed E-state index contributed by atoms with van der Waals surface area (Å²) in [6, 6.07) is 5.44. The minimum absolute atomic E-state index is 0.0953. The number of carbonyl (C=O) groups is 1. The van der Waals surface area contributed by atoms with E-state index in [9.17, 15) is 31.2 Å². The molecule has 0 fully saturated rings. The van der Waals surface area contributed by atoms with Gasteiger partial charge >= 0.3 is 6.18 Å². The second kappa shape index (κ2) is 8.60. The molecule has 3 rings (SSSR count). The first-order valence-electron chi connectivity index (χ1n) is 9.27. The van der Waals surface area contributed by atoms with Crippen LogP contribution in [0.15, 0.2) is 40.2 Å². The van der Waals surface area contributed by atoms with E-state index in [0.29, 0.717) is 12.3 Å². The van der Waals surface area contributed by atoms with Gasteiger partial charge in [0.05, 0.1) is 10.5 Å². The molecule has 3 N–H and O–H groups in total. The Kier molecular flexibility index (Phi) is 6.32. The Labute approximate surface area is 170 Å². The number of hydrogen-bond acceptors (Lipinski definition) is 4. The summed E-state index contributed by atoms with van der Waals surface area (Å²) in [4.78, 5) is 25.6. The van der Waals surface area contributed by atoms with Gasteiger partial charge in [0.1, 0.15) is 5.69 Å². The van der Waals surface area contributed by atoms with E-state index < -0.39 is 38.9 Å². The van der Waals surface area contributed by atoms with Crippen LogP contribution in [0.1, 0.15) is 36.0 Å². The standard InChI is InChI=1S/C19H20F3N3O4S/c20-19(21,22)14-10-16(18(27)23-11-14)25-17(26)7-8-24-30(28,29)15-6-5-12-3-1-2-4-13(12)9-15/h5-6,9-11,24H,1-4,7-8H2,(H,23,27)(H,25,26). The Morgan fingerprint density at radius 2 is 1.80 bits per heavy atom. The van der Waals surface area contributed by atoms with Crippen LogP contribution in [-0.4, -0.2) is 25.9 Å². The molecule has 0 aliphatic heterocycles. The summed E-state index contributed by atoms with van der Waals surface area (Å²) >= 11 is 0. The summed E-state index contributed by atoms with van der Waals surface area (Å²) in [5.74, 6) is -0.798. The zero-order chi connectivity index (χ0) is 21.9. The lowest BCUT2D eigenvalue weighted by Crippen LogP contribution is -2.29. The number of fused-ring (bicyclic) bond motifs is 1. The molecule has 0 radical (unpaired) electrons. The largest absolute Gasteiger partial charge is 0.417 e. The number of hydrogen-bond donors (Lipinski definition) is 3. The number of halogens is 3. The molecule has 11 heteroatoms. The predicted octanol–water partition coefficient (Wildman–Crippen LogP) is 2.58. The number of anilines is 1. The maximum Gasteiger partial charge on any atom is 0.417 e. The van der Waals surface area contributed by atoms with Crippen LogP contribution < -0.4 is 15.6 Å². The second-order valence-electron chi connectivity index (χ2n) is 6.96. The average molecular weight is 443 g/mol. The van der Waals surface area contributed by atoms with Gasteiger partial charge in [-0.3, -0.25) is 9.59 Å². The van der Waals surface area contributed by atoms with Crippen molar-refractivity contribution < 1.29 is 26.4 Å². The summed E-state index contributed by atoms with van der Waals surface area (Å²) in [5.41, 5.74) is -0.458. The number of H-pyrrole nitrogens is 1. The molecule has 1 heterocycles. The van der Waals surface area contributed by atoms with Crippen LogP contribution in [0.2, 0.25) is 0 Å². The van der Waals surface area contributed by atoms with E-state index in [1.165, 1.54) is 6.07 Å². The van der Waals surface area contributed by atoms with Crippen LogP contribution in [0.3, 0.4) is 0 Å². The van der Waals surface area contributed by atoms with Gasteiger partial charge < -0.3 is 10.3 Å². The highest BCUT2D eigenvalue weighted by Gasteiger charge is 2.31. The lowest BCUT2D eigenvalue weighted by molar-refractivity contribution is -0.137. The van der Waals surface area contributed by atoms with Gasteiger partial charge in [-0.15, -0.1) is 0 Å². The molecule has 0 unspecified atom stereocenters. The van der Waals surface area contributed by atoms with Crippen LogP contribution in [0.5, 0.6) is 0 Å². The number of amides is 1. The van der Waals surface area contributed by atoms with Gasteiger partial charge in [0.25, 0.3) is 5.56 Å². The summed E-state index contributed by atoms with van der Waals surface area (Å²) in [6.07, 6.45) is -0.747. The Morgan fingerprint density at radius 1 is 1.10 bits per heavy atom. The number of pyridine rings is 1. The number of aromatic amines is 1. The number of benzene rings is 1. The van der Waals surface area contributed by atoms with Crippen LogP contribution in [0.25, 0.3) is 0 Å². The molecule has 162 valence electrons. The predicted molar refractivity (Wildman–Crippen MR) is 104 cm³/mol. The number of sulfonamides is 1. The van der Waals surface area contributed by atoms with Crippen LogP contribution in [0, 0.1) is 0 Å². The average Bonchev–Trinajstić information content (AvgIpc) is 2.68. The van der Waals surface area contributed by atoms with Crippen molar-refractivity contribution in [1.29, 1.82) is 0 Å². The van der Waals surface area contributed by atoms with Gasteiger partial charge in [-0.1, -0.05) is 6.07 Å². The van der Waals surface area contributed by atoms with Gasteiger partial charge in [-0.2, -0.15) is 13.2 Å². The first-order chi connectivity index (χ1) is 14.1. The molecular weight excluding hydrogens is 423 g/mol. The monoisotopic (exact) mass is 443 g/mol. The van der Waals surface area contributed by atoms with Crippen molar-refractivity contribution in [3.05, 3.63) is 57.5 Å². The van der Waals surface area contributed by atoms with Crippen molar-refractivity contribution in [1.82, 2.24) is 9.71 Å². The molecule has 30 heavy (non-hydrogen) atoms. The van der Waals surface area contributed by atoms with Gasteiger partial charge in [-0.25, -0.2) is 13.1 Å². The van der Waals surface area contributed by atoms with Crippen molar-refractivity contribution in [2.75, 3.05) is 11.9 Å². The summed E-state index contributed by atoms with van der Waals surface area (Å²) in [6.45, 7) is -0.276. The molecule has 0 spiro atoms. The SMILES string of the molecule is O=C(CCNS(=O)(=O)c1ccc2c(c1)CCCC2)Nc1cc(C(F)(F)F)c[nH]c1=O. The minimum atomic E-state index is -4.69. The Bertz CT molecular complexity index is 1110. The van der Waals surface area contributed by atoms with Crippen molar-refractivity contribution >= 4 is 21.6 Å². The molecule has 1 amide bonds. The third kappa shape index (κ3) is 5.28. The van der Waals surface area contributed by atoms with Crippen molar-refractivity contribution in [3.8, 4) is 0 Å². The molecular formula is C19H20F3N3O4S. The van der Waals surface area contributed by atoms with E-state index in [4.69, 9.17) is 0 Å². The zero-order valence-corrected chi connectivity index (χ0v) is 16.6. The van der Waals surface area contributed by atoms with E-state index in [1.54, 1.807) is 12.1 Å². The van der Waals surface area contributed by atoms with Crippen molar-refractivity contribution in [2.24, 2.45) is 0 Å². The fraction of sp³-hybridized carbons (Fsp3) is 0.368. The minimum Gasteiger partial charge on any atom is -0.327 e. The van der Waals surface area contributed by atoms with Crippen molar-refractivity contribution in [2.45, 2.75) is 43.2 Å². The fourth-order valence-electron chi connectivity index (χ4n) is 3.21. The van der Waals surface area contributed by atoms with E-state index in [1.807, 2.05) is 4.98 Å². The maximum atomic E-state index is 12.7. The molecule has 1 aromatic heterocycles. The number of aromatic nitrogens is 1. The van der Waals surface area contributed by atoms with E-state index in [-0.39, 0.29) is 17.9 Å². The first kappa shape index (κ1) is 22.0. The van der Waals surface area contributed by atoms with Gasteiger partial charge in [0, 0.05) is 19.2 Å². The highest BCUT2D eigenvalue weighted by Crippen LogP contribution is 2.29. The zero-order valence-electron chi connectivity index (χ0n) is 15.8. The highest BCUT2D eigenvalue weighted by atomic mass is 32.2. The molecule has 0 saturated carbocycles. The smallest absolute Gasteiger partial charge is 0.327 e. The third-order valence-electron chi connectivity index (χ3n) is 4.78. The maximum absolute atomic E-state index is 12.7. The molecule has 1 aromatic carbocycles. The number of nitrogens with one attached hydrogen (secondary N) is 3. The Balaban J connectivity index is 1.60. The van der Waals surface area contributed by atoms with Crippen LogP contribution in [0.4, 0.5) is 18.9 Å². The van der Waals surface area contributed by atoms with Crippen LogP contribution in [-0.2, 0) is 33.8 Å². The number of aryl methyl sites for hydroxylation is 2. The third-order valence-corrected chi connectivity index (χ3v) is 6.24. The van der Waals surface area contributed by atoms with E-state index in [0.717, 1.165) is 36.8 Å². The molecule has 1 aliphatic rings. The topological polar surface area (TPSA) is 108 Å². The Morgan fingerprint density at radius 3 is 2.50 bits per heavy atom. The normalized spacial score (nSPS) is 14.2. The summed E-state index contributed by atoms with van der Waals surface area (Å²) in [5, 5.41) is 2.07. The van der Waals surface area contributed by atoms with Gasteiger partial charge in [-0.05, 0) is 55.0 Å². The second-order valence-corrected chi connectivity index (χ2v) is 8.73. The molecule has 1 aliphatic carbocycles. The van der Waals surface area contributed by atoms with Gasteiger partial charge in [0.2, 0.25) is 15.9 Å². The molecule has 2 aromatic rings. The summed E-state index contributed by atoms with van der Waals surface area (Å²) < 4.78 is 65.4. The first-order valence-corrected chi connectivity index (χ1v) is 10.8. The molecule has 7 nitrogen and oxygen atoms in total. The Hall–Kier alpha value is -2.66. The quantitative estimate of drug-likeness (QED) is 0.638. The van der Waals surface area contributed by atoms with Crippen molar-refractivity contribution in [3.63, 3.8) is 0 Å². The molecule has 0 bridgehead atoms. The number of carbonyl (C=O) groups excluding carboxylic acids is 1. The highest BCUT2D eigenvalue weighted by molar-refractivity contribution is 7.89. The number of rotatable bonds is 6. The summed E-state index contributed by atoms with van der Waals surface area (Å²) in [7, 11) is -3.84. The van der Waals surface area contributed by atoms with Crippen LogP contribution >= 0.6 is 0 Å². The molecule has 0 atom stereocenters. The lowest BCUT2D eigenvalue weighted by Gasteiger charge is -2.16. The van der Waals surface area contributed by atoms with Gasteiger partial charge in [0.15, 0.2) is 0 Å². The van der Waals surface area contributed by atoms with E-state index in [2.05, 4.69) is 10.0 Å².